The van der Waals surface area contributed by atoms with E-state index in [1.54, 1.807) is 6.92 Å². The van der Waals surface area contributed by atoms with Crippen LogP contribution < -0.4 is 0 Å². The highest BCUT2D eigenvalue weighted by Gasteiger charge is 2.01. The SMILES string of the molecule is CC(=O)CCOCCOCCOCCOCCOCCOCCOCCOCCOCCOCCOCCOCCOCCOCCOCCOCCOCCOCCOCCOCCOCCOCCOCCOCCN=[N+]=[N-]. The number of azide groups is 1. The molecule has 0 unspecified atom stereocenters. The van der Waals surface area contributed by atoms with Crippen LogP contribution in [0.25, 0.3) is 10.4 Å². The Bertz CT molecular complexity index is 1140. The number of hydrogen-bond acceptors (Lipinski definition) is 26. The molecule has 0 amide bonds. The topological polar surface area (TPSA) is 287 Å². The van der Waals surface area contributed by atoms with Crippen LogP contribution in [-0.2, 0) is 118 Å². The van der Waals surface area contributed by atoms with Gasteiger partial charge in [-0.1, -0.05) is 5.11 Å². The molecule has 0 aliphatic rings. The average Bonchev–Trinajstić information content (AvgIpc) is 3.46. The van der Waals surface area contributed by atoms with E-state index in [1.807, 2.05) is 0 Å². The molecule has 28 nitrogen and oxygen atoms in total. The number of ether oxygens (including phenoxy) is 24. The molecule has 0 radical (unpaired) electrons. The molecule has 28 heteroatoms. The second-order valence-corrected chi connectivity index (χ2v) is 16.1. The van der Waals surface area contributed by atoms with Gasteiger partial charge in [-0.05, 0) is 12.5 Å². The molecular formula is C52H103N3O25. The summed E-state index contributed by atoms with van der Waals surface area (Å²) in [4.78, 5) is 13.5. The van der Waals surface area contributed by atoms with Crippen molar-refractivity contribution in [2.45, 2.75) is 13.3 Å². The first-order valence-electron chi connectivity index (χ1n) is 28.1. The van der Waals surface area contributed by atoms with E-state index in [2.05, 4.69) is 10.0 Å². The molecular weight excluding hydrogens is 1070 g/mol. The molecule has 0 rings (SSSR count). The van der Waals surface area contributed by atoms with E-state index in [-0.39, 0.29) is 5.78 Å². The number of carbonyl (C=O) groups is 1. The zero-order valence-electron chi connectivity index (χ0n) is 48.4. The summed E-state index contributed by atoms with van der Waals surface area (Å²) >= 11 is 0. The summed E-state index contributed by atoms with van der Waals surface area (Å²) in [5.74, 6) is 0.120. The minimum atomic E-state index is 0.120. The van der Waals surface area contributed by atoms with Crippen molar-refractivity contribution in [1.82, 2.24) is 0 Å². The van der Waals surface area contributed by atoms with E-state index in [9.17, 15) is 4.79 Å². The third-order valence-corrected chi connectivity index (χ3v) is 9.55. The van der Waals surface area contributed by atoms with Crippen LogP contribution in [0.2, 0.25) is 0 Å². The van der Waals surface area contributed by atoms with Crippen LogP contribution in [0.3, 0.4) is 0 Å². The van der Waals surface area contributed by atoms with E-state index in [4.69, 9.17) is 119 Å². The number of ketones is 1. The van der Waals surface area contributed by atoms with Gasteiger partial charge in [-0.15, -0.1) is 0 Å². The van der Waals surface area contributed by atoms with Crippen LogP contribution in [0.15, 0.2) is 5.11 Å². The number of rotatable bonds is 75. The van der Waals surface area contributed by atoms with Crippen molar-refractivity contribution in [2.24, 2.45) is 5.11 Å². The first kappa shape index (κ1) is 78.0. The summed E-state index contributed by atoms with van der Waals surface area (Å²) in [5, 5.41) is 3.38. The van der Waals surface area contributed by atoms with E-state index < -0.39 is 0 Å². The number of hydrogen-bond donors (Lipinski definition) is 0. The molecule has 0 saturated carbocycles. The van der Waals surface area contributed by atoms with E-state index >= 15 is 0 Å². The Morgan fingerprint density at radius 1 is 0.225 bits per heavy atom. The lowest BCUT2D eigenvalue weighted by Gasteiger charge is -2.09. The highest BCUT2D eigenvalue weighted by atomic mass is 16.6. The predicted molar refractivity (Wildman–Crippen MR) is 289 cm³/mol. The summed E-state index contributed by atoms with van der Waals surface area (Å²) in [6.07, 6.45) is 0.434. The van der Waals surface area contributed by atoms with Crippen LogP contribution in [0.4, 0.5) is 0 Å². The van der Waals surface area contributed by atoms with E-state index in [0.29, 0.717) is 330 Å². The number of carbonyl (C=O) groups excluding carboxylic acids is 1. The fraction of sp³-hybridized carbons (Fsp3) is 0.981. The van der Waals surface area contributed by atoms with Gasteiger partial charge in [-0.2, -0.15) is 0 Å². The quantitative estimate of drug-likeness (QED) is 0.0362. The third kappa shape index (κ3) is 76.0. The molecule has 476 valence electrons. The van der Waals surface area contributed by atoms with Gasteiger partial charge in [0.05, 0.1) is 317 Å². The Morgan fingerprint density at radius 3 is 0.450 bits per heavy atom. The van der Waals surface area contributed by atoms with Gasteiger partial charge in [0.1, 0.15) is 5.78 Å². The molecule has 0 atom stereocenters. The Balaban J connectivity index is 3.08. The van der Waals surface area contributed by atoms with E-state index in [0.717, 1.165) is 0 Å². The lowest BCUT2D eigenvalue weighted by atomic mass is 10.3. The highest BCUT2D eigenvalue weighted by Crippen LogP contribution is 1.92. The Hall–Kier alpha value is -1.98. The van der Waals surface area contributed by atoms with Crippen LogP contribution in [0.5, 0.6) is 0 Å². The van der Waals surface area contributed by atoms with Crippen molar-refractivity contribution in [3.05, 3.63) is 10.4 Å². The monoisotopic (exact) mass is 1170 g/mol. The molecule has 0 bridgehead atoms. The standard InChI is InChI=1S/C52H103N3O25/c1-52(56)2-4-57-6-8-59-10-12-61-14-16-63-18-20-65-22-24-67-26-28-69-30-32-71-34-36-73-38-40-75-42-44-77-46-48-79-50-51-80-49-47-78-45-43-76-41-39-74-37-35-72-33-31-70-29-27-68-25-23-66-21-19-64-17-15-62-13-11-60-9-7-58-5-3-54-55-53/h2-51H2,1H3. The van der Waals surface area contributed by atoms with Gasteiger partial charge in [0.2, 0.25) is 0 Å². The lowest BCUT2D eigenvalue weighted by molar-refractivity contribution is -0.118. The van der Waals surface area contributed by atoms with Crippen molar-refractivity contribution in [3.8, 4) is 0 Å². The summed E-state index contributed by atoms with van der Waals surface area (Å²) in [7, 11) is 0. The van der Waals surface area contributed by atoms with Crippen LogP contribution >= 0.6 is 0 Å². The van der Waals surface area contributed by atoms with Crippen molar-refractivity contribution < 1.29 is 118 Å². The highest BCUT2D eigenvalue weighted by molar-refractivity contribution is 5.75. The summed E-state index contributed by atoms with van der Waals surface area (Å²) in [5.41, 5.74) is 8.17. The maximum absolute atomic E-state index is 10.8. The van der Waals surface area contributed by atoms with Gasteiger partial charge in [0.15, 0.2) is 0 Å². The Morgan fingerprint density at radius 2 is 0.338 bits per heavy atom. The fourth-order valence-corrected chi connectivity index (χ4v) is 5.53. The maximum Gasteiger partial charge on any atom is 0.132 e. The van der Waals surface area contributed by atoms with Gasteiger partial charge in [-0.25, -0.2) is 0 Å². The van der Waals surface area contributed by atoms with Gasteiger partial charge in [0, 0.05) is 17.9 Å². The minimum Gasteiger partial charge on any atom is -0.379 e. The fourth-order valence-electron chi connectivity index (χ4n) is 5.53. The van der Waals surface area contributed by atoms with Gasteiger partial charge < -0.3 is 114 Å². The molecule has 0 aromatic rings. The first-order chi connectivity index (χ1) is 39.8. The molecule has 0 fully saturated rings. The second kappa shape index (κ2) is 75.0. The first-order valence-corrected chi connectivity index (χ1v) is 28.1. The smallest absolute Gasteiger partial charge is 0.132 e. The second-order valence-electron chi connectivity index (χ2n) is 16.1. The lowest BCUT2D eigenvalue weighted by Crippen LogP contribution is -2.16. The van der Waals surface area contributed by atoms with Crippen molar-refractivity contribution in [3.63, 3.8) is 0 Å². The molecule has 0 spiro atoms. The van der Waals surface area contributed by atoms with E-state index in [1.165, 1.54) is 0 Å². The maximum atomic E-state index is 10.8. The Labute approximate surface area is 475 Å². The summed E-state index contributed by atoms with van der Waals surface area (Å²) < 4.78 is 131. The molecule has 0 aromatic carbocycles. The van der Waals surface area contributed by atoms with Crippen LogP contribution in [0, 0.1) is 0 Å². The normalized spacial score (nSPS) is 11.6. The van der Waals surface area contributed by atoms with Crippen molar-refractivity contribution >= 4 is 5.78 Å². The zero-order valence-corrected chi connectivity index (χ0v) is 48.4. The van der Waals surface area contributed by atoms with Gasteiger partial charge in [-0.3, -0.25) is 4.79 Å². The van der Waals surface area contributed by atoms with Gasteiger partial charge >= 0.3 is 0 Å². The summed E-state index contributed by atoms with van der Waals surface area (Å²) in [6.45, 7) is 24.8. The molecule has 0 saturated heterocycles. The number of nitrogens with zero attached hydrogens (tertiary/aromatic N) is 3. The zero-order chi connectivity index (χ0) is 57.3. The minimum absolute atomic E-state index is 0.120. The predicted octanol–water partition coefficient (Wildman–Crippen LogP) is 1.67. The average molecular weight is 1170 g/mol. The molecule has 0 N–H and O–H groups in total. The van der Waals surface area contributed by atoms with Crippen LogP contribution in [-0.4, -0.2) is 329 Å². The number of Topliss-reactive ketones (excluding diaryl/α,β-unsaturated/α-hetero) is 1. The van der Waals surface area contributed by atoms with Crippen molar-refractivity contribution in [2.75, 3.05) is 324 Å². The molecule has 0 aromatic heterocycles. The summed E-state index contributed by atoms with van der Waals surface area (Å²) in [6, 6.07) is 0. The largest absolute Gasteiger partial charge is 0.379 e. The van der Waals surface area contributed by atoms with Crippen LogP contribution in [0.1, 0.15) is 13.3 Å². The third-order valence-electron chi connectivity index (χ3n) is 9.55. The molecule has 0 aliphatic carbocycles. The van der Waals surface area contributed by atoms with Gasteiger partial charge in [0.25, 0.3) is 0 Å². The molecule has 80 heavy (non-hydrogen) atoms. The Kier molecular flexibility index (Phi) is 73.2. The molecule has 0 aliphatic heterocycles. The van der Waals surface area contributed by atoms with Crippen molar-refractivity contribution in [1.29, 1.82) is 0 Å². The molecule has 0 heterocycles.